The predicted molar refractivity (Wildman–Crippen MR) is 72.0 cm³/mol. The van der Waals surface area contributed by atoms with Gasteiger partial charge >= 0.3 is 0 Å². The van der Waals surface area contributed by atoms with Crippen molar-refractivity contribution in [1.29, 1.82) is 0 Å². The molecule has 20 heavy (non-hydrogen) atoms. The molecule has 2 N–H and O–H groups in total. The summed E-state index contributed by atoms with van der Waals surface area (Å²) in [7, 11) is 3.07. The van der Waals surface area contributed by atoms with Crippen molar-refractivity contribution >= 4 is 5.91 Å². The van der Waals surface area contributed by atoms with Crippen molar-refractivity contribution in [3.05, 3.63) is 35.9 Å². The van der Waals surface area contributed by atoms with Crippen LogP contribution in [0.15, 0.2) is 24.5 Å². The molecule has 0 aliphatic carbocycles. The molecule has 0 saturated heterocycles. The second-order valence-corrected chi connectivity index (χ2v) is 4.00. The first kappa shape index (κ1) is 13.9. The van der Waals surface area contributed by atoms with E-state index in [1.165, 1.54) is 13.4 Å². The molecule has 1 heterocycles. The molecule has 1 aromatic heterocycles. The molecule has 7 heteroatoms. The van der Waals surface area contributed by atoms with Gasteiger partial charge in [0.25, 0.3) is 5.91 Å². The number of hydrogen-bond donors (Lipinski definition) is 2. The van der Waals surface area contributed by atoms with E-state index in [-0.39, 0.29) is 5.91 Å². The Hall–Kier alpha value is -2.57. The summed E-state index contributed by atoms with van der Waals surface area (Å²) in [5.74, 6) is 1.61. The van der Waals surface area contributed by atoms with Gasteiger partial charge in [0.05, 0.1) is 19.8 Å². The maximum atomic E-state index is 12.1. The molecule has 2 rings (SSSR count). The largest absolute Gasteiger partial charge is 0.497 e. The standard InChI is InChI=1S/C13H16N4O3/c1-19-9-3-4-11(20-2)10(7-9)13(18)14-6-5-12-15-8-16-17-12/h3-4,7-8H,5-6H2,1-2H3,(H,14,18)(H,15,16,17). The lowest BCUT2D eigenvalue weighted by Gasteiger charge is -2.10. The van der Waals surface area contributed by atoms with E-state index in [4.69, 9.17) is 9.47 Å². The average Bonchev–Trinajstić information content (AvgIpc) is 2.99. The van der Waals surface area contributed by atoms with E-state index < -0.39 is 0 Å². The van der Waals surface area contributed by atoms with Gasteiger partial charge in [-0.2, -0.15) is 5.10 Å². The quantitative estimate of drug-likeness (QED) is 0.814. The van der Waals surface area contributed by atoms with Crippen molar-refractivity contribution in [2.75, 3.05) is 20.8 Å². The normalized spacial score (nSPS) is 10.1. The van der Waals surface area contributed by atoms with Gasteiger partial charge in [-0.25, -0.2) is 4.98 Å². The zero-order chi connectivity index (χ0) is 14.4. The summed E-state index contributed by atoms with van der Waals surface area (Å²) in [4.78, 5) is 16.1. The molecule has 0 radical (unpaired) electrons. The van der Waals surface area contributed by atoms with Gasteiger partial charge in [0.15, 0.2) is 0 Å². The first-order chi connectivity index (χ1) is 9.74. The lowest BCUT2D eigenvalue weighted by atomic mass is 10.1. The van der Waals surface area contributed by atoms with E-state index in [1.807, 2.05) is 0 Å². The van der Waals surface area contributed by atoms with Crippen molar-refractivity contribution in [1.82, 2.24) is 20.5 Å². The van der Waals surface area contributed by atoms with E-state index in [0.29, 0.717) is 30.0 Å². The van der Waals surface area contributed by atoms with Crippen molar-refractivity contribution in [3.63, 3.8) is 0 Å². The number of methoxy groups -OCH3 is 2. The van der Waals surface area contributed by atoms with Crippen LogP contribution in [0, 0.1) is 0 Å². The molecule has 0 atom stereocenters. The Balaban J connectivity index is 2.00. The molecule has 0 saturated carbocycles. The number of nitrogens with one attached hydrogen (secondary N) is 2. The molecule has 2 aromatic rings. The van der Waals surface area contributed by atoms with Crippen LogP contribution in [0.4, 0.5) is 0 Å². The Morgan fingerprint density at radius 3 is 2.85 bits per heavy atom. The maximum Gasteiger partial charge on any atom is 0.255 e. The summed E-state index contributed by atoms with van der Waals surface area (Å²) < 4.78 is 10.3. The number of H-pyrrole nitrogens is 1. The lowest BCUT2D eigenvalue weighted by molar-refractivity contribution is 0.0950. The van der Waals surface area contributed by atoms with Crippen LogP contribution in [-0.2, 0) is 6.42 Å². The molecule has 0 aliphatic heterocycles. The predicted octanol–water partition coefficient (Wildman–Crippen LogP) is 0.794. The van der Waals surface area contributed by atoms with Crippen molar-refractivity contribution in [2.45, 2.75) is 6.42 Å². The molecule has 1 amide bonds. The van der Waals surface area contributed by atoms with Crippen molar-refractivity contribution in [2.24, 2.45) is 0 Å². The molecule has 0 spiro atoms. The number of carbonyl (C=O) groups excluding carboxylic acids is 1. The average molecular weight is 276 g/mol. The van der Waals surface area contributed by atoms with Gasteiger partial charge in [-0.15, -0.1) is 0 Å². The molecular formula is C13H16N4O3. The Kier molecular flexibility index (Phi) is 4.54. The van der Waals surface area contributed by atoms with E-state index >= 15 is 0 Å². The Labute approximate surface area is 116 Å². The second-order valence-electron chi connectivity index (χ2n) is 4.00. The Morgan fingerprint density at radius 2 is 2.20 bits per heavy atom. The van der Waals surface area contributed by atoms with Crippen LogP contribution >= 0.6 is 0 Å². The highest BCUT2D eigenvalue weighted by molar-refractivity contribution is 5.97. The van der Waals surface area contributed by atoms with Crippen LogP contribution in [0.3, 0.4) is 0 Å². The number of hydrogen-bond acceptors (Lipinski definition) is 5. The zero-order valence-corrected chi connectivity index (χ0v) is 11.3. The van der Waals surface area contributed by atoms with Crippen molar-refractivity contribution < 1.29 is 14.3 Å². The Morgan fingerprint density at radius 1 is 1.35 bits per heavy atom. The fourth-order valence-corrected chi connectivity index (χ4v) is 1.73. The summed E-state index contributed by atoms with van der Waals surface area (Å²) in [6.07, 6.45) is 2.01. The summed E-state index contributed by atoms with van der Waals surface area (Å²) in [5.41, 5.74) is 0.435. The van der Waals surface area contributed by atoms with Crippen LogP contribution < -0.4 is 14.8 Å². The second kappa shape index (κ2) is 6.55. The van der Waals surface area contributed by atoms with E-state index in [1.54, 1.807) is 25.3 Å². The number of benzene rings is 1. The van der Waals surface area contributed by atoms with Crippen LogP contribution in [0.2, 0.25) is 0 Å². The van der Waals surface area contributed by atoms with Gasteiger partial charge in [0.1, 0.15) is 23.7 Å². The number of carbonyl (C=O) groups is 1. The molecule has 0 bridgehead atoms. The SMILES string of the molecule is COc1ccc(OC)c(C(=O)NCCc2ncn[nH]2)c1. The fourth-order valence-electron chi connectivity index (χ4n) is 1.73. The van der Waals surface area contributed by atoms with Gasteiger partial charge in [-0.05, 0) is 18.2 Å². The summed E-state index contributed by atoms with van der Waals surface area (Å²) in [5, 5.41) is 9.28. The summed E-state index contributed by atoms with van der Waals surface area (Å²) in [6.45, 7) is 0.453. The van der Waals surface area contributed by atoms with E-state index in [2.05, 4.69) is 20.5 Å². The van der Waals surface area contributed by atoms with Gasteiger partial charge in [-0.1, -0.05) is 0 Å². The van der Waals surface area contributed by atoms with Gasteiger partial charge in [0, 0.05) is 13.0 Å². The third-order valence-electron chi connectivity index (χ3n) is 2.76. The molecule has 106 valence electrons. The molecule has 1 aromatic carbocycles. The highest BCUT2D eigenvalue weighted by Gasteiger charge is 2.13. The number of amides is 1. The maximum absolute atomic E-state index is 12.1. The van der Waals surface area contributed by atoms with E-state index in [9.17, 15) is 4.79 Å². The highest BCUT2D eigenvalue weighted by Crippen LogP contribution is 2.23. The summed E-state index contributed by atoms with van der Waals surface area (Å²) in [6, 6.07) is 5.08. The molecular weight excluding hydrogens is 260 g/mol. The lowest BCUT2D eigenvalue weighted by Crippen LogP contribution is -2.26. The third-order valence-corrected chi connectivity index (χ3v) is 2.76. The monoisotopic (exact) mass is 276 g/mol. The first-order valence-corrected chi connectivity index (χ1v) is 6.09. The highest BCUT2D eigenvalue weighted by atomic mass is 16.5. The number of rotatable bonds is 6. The van der Waals surface area contributed by atoms with Crippen LogP contribution in [-0.4, -0.2) is 41.9 Å². The van der Waals surface area contributed by atoms with Gasteiger partial charge < -0.3 is 14.8 Å². The van der Waals surface area contributed by atoms with E-state index in [0.717, 1.165) is 5.82 Å². The summed E-state index contributed by atoms with van der Waals surface area (Å²) >= 11 is 0. The molecule has 7 nitrogen and oxygen atoms in total. The number of aromatic amines is 1. The molecule has 0 fully saturated rings. The molecule has 0 unspecified atom stereocenters. The van der Waals surface area contributed by atoms with Crippen LogP contribution in [0.5, 0.6) is 11.5 Å². The van der Waals surface area contributed by atoms with Crippen molar-refractivity contribution in [3.8, 4) is 11.5 Å². The van der Waals surface area contributed by atoms with Crippen LogP contribution in [0.1, 0.15) is 16.2 Å². The minimum atomic E-state index is -0.222. The third kappa shape index (κ3) is 3.25. The minimum Gasteiger partial charge on any atom is -0.497 e. The fraction of sp³-hybridized carbons (Fsp3) is 0.308. The van der Waals surface area contributed by atoms with Crippen LogP contribution in [0.25, 0.3) is 0 Å². The topological polar surface area (TPSA) is 89.1 Å². The minimum absolute atomic E-state index is 0.222. The molecule has 0 aliphatic rings. The van der Waals surface area contributed by atoms with Gasteiger partial charge in [-0.3, -0.25) is 9.89 Å². The first-order valence-electron chi connectivity index (χ1n) is 6.09. The smallest absolute Gasteiger partial charge is 0.255 e. The number of nitrogens with zero attached hydrogens (tertiary/aromatic N) is 2. The van der Waals surface area contributed by atoms with Gasteiger partial charge in [0.2, 0.25) is 0 Å². The zero-order valence-electron chi connectivity index (χ0n) is 11.3. The Bertz CT molecular complexity index is 569. The number of aromatic nitrogens is 3. The number of ether oxygens (including phenoxy) is 2.